The maximum Gasteiger partial charge on any atom is 0.239 e. The highest BCUT2D eigenvalue weighted by molar-refractivity contribution is 8.02. The van der Waals surface area contributed by atoms with Crippen LogP contribution in [0.5, 0.6) is 0 Å². The van der Waals surface area contributed by atoms with Crippen LogP contribution in [-0.2, 0) is 4.79 Å². The molecule has 1 N–H and O–H groups in total. The second-order valence-electron chi connectivity index (χ2n) is 7.14. The number of aryl methyl sites for hydroxylation is 3. The van der Waals surface area contributed by atoms with Crippen molar-refractivity contribution in [1.29, 1.82) is 0 Å². The van der Waals surface area contributed by atoms with Crippen LogP contribution in [0.3, 0.4) is 0 Å². The van der Waals surface area contributed by atoms with Crippen molar-refractivity contribution >= 4 is 55.7 Å². The predicted molar refractivity (Wildman–Crippen MR) is 128 cm³/mol. The number of hydrogen-bond acceptors (Lipinski definition) is 7. The van der Waals surface area contributed by atoms with Crippen LogP contribution < -0.4 is 5.32 Å². The normalized spacial score (nSPS) is 12.3. The first-order valence-electron chi connectivity index (χ1n) is 9.69. The third-order valence-electron chi connectivity index (χ3n) is 4.73. The van der Waals surface area contributed by atoms with Gasteiger partial charge in [0.25, 0.3) is 0 Å². The van der Waals surface area contributed by atoms with Gasteiger partial charge in [0.15, 0.2) is 4.34 Å². The Hall–Kier alpha value is -2.29. The number of nitrogens with one attached hydrogen (secondary N) is 1. The van der Waals surface area contributed by atoms with Gasteiger partial charge in [0.1, 0.15) is 5.01 Å². The van der Waals surface area contributed by atoms with Gasteiger partial charge in [-0.3, -0.25) is 10.1 Å². The number of rotatable bonds is 6. The van der Waals surface area contributed by atoms with E-state index in [4.69, 9.17) is 0 Å². The lowest BCUT2D eigenvalue weighted by Gasteiger charge is -2.11. The fraction of sp³-hybridized carbons (Fsp3) is 0.273. The van der Waals surface area contributed by atoms with E-state index in [9.17, 15) is 4.79 Å². The van der Waals surface area contributed by atoms with Gasteiger partial charge in [0.2, 0.25) is 11.0 Å². The summed E-state index contributed by atoms with van der Waals surface area (Å²) in [6.07, 6.45) is 0.703. The van der Waals surface area contributed by atoms with Crippen LogP contribution in [0.4, 0.5) is 5.13 Å². The van der Waals surface area contributed by atoms with Gasteiger partial charge in [0, 0.05) is 5.56 Å². The van der Waals surface area contributed by atoms with E-state index in [0.717, 1.165) is 25.1 Å². The number of carbonyl (C=O) groups is 1. The molecule has 2 aromatic carbocycles. The van der Waals surface area contributed by atoms with E-state index in [0.29, 0.717) is 11.6 Å². The van der Waals surface area contributed by atoms with Crippen molar-refractivity contribution in [2.75, 3.05) is 5.32 Å². The molecule has 0 aliphatic heterocycles. The van der Waals surface area contributed by atoms with Crippen LogP contribution in [0.15, 0.2) is 40.7 Å². The van der Waals surface area contributed by atoms with Crippen LogP contribution in [0.1, 0.15) is 30.0 Å². The maximum absolute atomic E-state index is 12.9. The molecule has 154 valence electrons. The van der Waals surface area contributed by atoms with Crippen LogP contribution in [0, 0.1) is 20.8 Å². The molecule has 4 aromatic rings. The summed E-state index contributed by atoms with van der Waals surface area (Å²) in [4.78, 5) is 17.5. The van der Waals surface area contributed by atoms with Gasteiger partial charge in [-0.25, -0.2) is 4.98 Å². The van der Waals surface area contributed by atoms with E-state index in [1.54, 1.807) is 11.3 Å². The molecule has 2 aromatic heterocycles. The second kappa shape index (κ2) is 8.83. The molecule has 8 heteroatoms. The van der Waals surface area contributed by atoms with Gasteiger partial charge in [-0.15, -0.1) is 21.5 Å². The number of aromatic nitrogens is 3. The highest BCUT2D eigenvalue weighted by Gasteiger charge is 2.22. The SMILES string of the molecule is CCC(Sc1nc2ccccc2s1)C(=O)Nc1nnc(-c2c(C)cc(C)cc2C)s1. The predicted octanol–water partition coefficient (Wildman–Crippen LogP) is 6.25. The Bertz CT molecular complexity index is 1160. The Morgan fingerprint density at radius 2 is 1.83 bits per heavy atom. The largest absolute Gasteiger partial charge is 0.300 e. The number of fused-ring (bicyclic) bond motifs is 1. The van der Waals surface area contributed by atoms with Gasteiger partial charge in [0.05, 0.1) is 15.5 Å². The third kappa shape index (κ3) is 4.40. The number of carbonyl (C=O) groups excluding carboxylic acids is 1. The Kier molecular flexibility index (Phi) is 6.17. The third-order valence-corrected chi connectivity index (χ3v) is 8.08. The molecule has 0 bridgehead atoms. The van der Waals surface area contributed by atoms with Crippen molar-refractivity contribution in [1.82, 2.24) is 15.2 Å². The van der Waals surface area contributed by atoms with Crippen LogP contribution >= 0.6 is 34.4 Å². The van der Waals surface area contributed by atoms with E-state index in [1.165, 1.54) is 39.8 Å². The molecule has 5 nitrogen and oxygen atoms in total. The molecule has 4 rings (SSSR count). The summed E-state index contributed by atoms with van der Waals surface area (Å²) in [5.41, 5.74) is 5.62. The lowest BCUT2D eigenvalue weighted by molar-refractivity contribution is -0.115. The van der Waals surface area contributed by atoms with E-state index in [-0.39, 0.29) is 11.2 Å². The van der Waals surface area contributed by atoms with Gasteiger partial charge in [-0.2, -0.15) is 0 Å². The molecule has 0 fully saturated rings. The molecule has 2 heterocycles. The topological polar surface area (TPSA) is 67.8 Å². The number of hydrogen-bond donors (Lipinski definition) is 1. The summed E-state index contributed by atoms with van der Waals surface area (Å²) >= 11 is 4.53. The zero-order chi connectivity index (χ0) is 21.3. The lowest BCUT2D eigenvalue weighted by Crippen LogP contribution is -2.24. The molecule has 0 spiro atoms. The van der Waals surface area contributed by atoms with E-state index < -0.39 is 0 Å². The second-order valence-corrected chi connectivity index (χ2v) is 10.6. The highest BCUT2D eigenvalue weighted by Crippen LogP contribution is 2.35. The van der Waals surface area contributed by atoms with E-state index >= 15 is 0 Å². The molecule has 0 saturated carbocycles. The molecule has 0 aliphatic rings. The molecule has 1 atom stereocenters. The minimum Gasteiger partial charge on any atom is -0.300 e. The van der Waals surface area contributed by atoms with Crippen molar-refractivity contribution < 1.29 is 4.79 Å². The summed E-state index contributed by atoms with van der Waals surface area (Å²) in [6, 6.07) is 12.3. The number of amides is 1. The maximum atomic E-state index is 12.9. The average molecular weight is 455 g/mol. The summed E-state index contributed by atoms with van der Waals surface area (Å²) in [5, 5.41) is 12.6. The summed E-state index contributed by atoms with van der Waals surface area (Å²) < 4.78 is 2.04. The Morgan fingerprint density at radius 3 is 2.53 bits per heavy atom. The van der Waals surface area contributed by atoms with E-state index in [2.05, 4.69) is 59.5 Å². The molecular weight excluding hydrogens is 432 g/mol. The van der Waals surface area contributed by atoms with Gasteiger partial charge < -0.3 is 0 Å². The van der Waals surface area contributed by atoms with Crippen molar-refractivity contribution in [2.24, 2.45) is 0 Å². The monoisotopic (exact) mass is 454 g/mol. The van der Waals surface area contributed by atoms with Crippen LogP contribution in [0.2, 0.25) is 0 Å². The van der Waals surface area contributed by atoms with Gasteiger partial charge >= 0.3 is 0 Å². The Labute approximate surface area is 188 Å². The standard InChI is InChI=1S/C22H22N4OS3/c1-5-16(28-22-23-15-8-6-7-9-17(15)29-22)19(27)24-21-26-25-20(30-21)18-13(3)10-12(2)11-14(18)4/h6-11,16H,5H2,1-4H3,(H,24,26,27). The zero-order valence-electron chi connectivity index (χ0n) is 17.2. The fourth-order valence-electron chi connectivity index (χ4n) is 3.42. The first-order valence-corrected chi connectivity index (χ1v) is 12.2. The van der Waals surface area contributed by atoms with Gasteiger partial charge in [-0.1, -0.05) is 59.9 Å². The number of para-hydroxylation sites is 1. The number of anilines is 1. The number of benzene rings is 2. The summed E-state index contributed by atoms with van der Waals surface area (Å²) in [5.74, 6) is -0.0678. The van der Waals surface area contributed by atoms with Crippen LogP contribution in [-0.4, -0.2) is 26.3 Å². The van der Waals surface area contributed by atoms with Crippen molar-refractivity contribution in [2.45, 2.75) is 43.7 Å². The molecule has 1 unspecified atom stereocenters. The quantitative estimate of drug-likeness (QED) is 0.349. The number of thioether (sulfide) groups is 1. The Morgan fingerprint density at radius 1 is 1.10 bits per heavy atom. The number of nitrogens with zero attached hydrogens (tertiary/aromatic N) is 3. The number of thiazole rings is 1. The van der Waals surface area contributed by atoms with Crippen molar-refractivity contribution in [3.63, 3.8) is 0 Å². The molecule has 1 amide bonds. The van der Waals surface area contributed by atoms with Crippen molar-refractivity contribution in [3.8, 4) is 10.6 Å². The summed E-state index contributed by atoms with van der Waals surface area (Å²) in [7, 11) is 0. The molecule has 30 heavy (non-hydrogen) atoms. The lowest BCUT2D eigenvalue weighted by atomic mass is 10.0. The first-order chi connectivity index (χ1) is 14.4. The minimum absolute atomic E-state index is 0.0678. The average Bonchev–Trinajstić information content (AvgIpc) is 3.31. The molecule has 0 radical (unpaired) electrons. The fourth-order valence-corrected chi connectivity index (χ4v) is 6.58. The van der Waals surface area contributed by atoms with E-state index in [1.807, 2.05) is 25.1 Å². The molecule has 0 aliphatic carbocycles. The first kappa shape index (κ1) is 21.0. The molecule has 0 saturated heterocycles. The van der Waals surface area contributed by atoms with Gasteiger partial charge in [-0.05, 0) is 50.5 Å². The highest BCUT2D eigenvalue weighted by atomic mass is 32.2. The zero-order valence-corrected chi connectivity index (χ0v) is 19.7. The molecular formula is C22H22N4OS3. The van der Waals surface area contributed by atoms with Crippen LogP contribution in [0.25, 0.3) is 20.8 Å². The minimum atomic E-state index is -0.235. The Balaban J connectivity index is 1.49. The van der Waals surface area contributed by atoms with Crippen molar-refractivity contribution in [3.05, 3.63) is 53.1 Å². The smallest absolute Gasteiger partial charge is 0.239 e. The summed E-state index contributed by atoms with van der Waals surface area (Å²) in [6.45, 7) is 8.26.